The molecule has 1 atom stereocenters. The minimum absolute atomic E-state index is 0.164. The van der Waals surface area contributed by atoms with Gasteiger partial charge in [0, 0.05) is 12.7 Å². The summed E-state index contributed by atoms with van der Waals surface area (Å²) < 4.78 is 2.01. The fourth-order valence-electron chi connectivity index (χ4n) is 2.17. The maximum absolute atomic E-state index is 12.4. The van der Waals surface area contributed by atoms with Crippen LogP contribution >= 0.6 is 34.7 Å². The molecule has 130 valence electrons. The first-order valence-corrected chi connectivity index (χ1v) is 9.79. The van der Waals surface area contributed by atoms with Gasteiger partial charge in [0.25, 0.3) is 0 Å². The Morgan fingerprint density at radius 3 is 2.92 bits per heavy atom. The summed E-state index contributed by atoms with van der Waals surface area (Å²) >= 11 is 8.96. The van der Waals surface area contributed by atoms with E-state index in [0.29, 0.717) is 10.8 Å². The van der Waals surface area contributed by atoms with Gasteiger partial charge < -0.3 is 9.88 Å². The van der Waals surface area contributed by atoms with Crippen molar-refractivity contribution in [2.24, 2.45) is 0 Å². The normalized spacial score (nSPS) is 12.1. The third-order valence-corrected chi connectivity index (χ3v) is 5.69. The zero-order valence-corrected chi connectivity index (χ0v) is 16.0. The number of aromatic nitrogens is 4. The largest absolute Gasteiger partial charge is 0.322 e. The van der Waals surface area contributed by atoms with Crippen LogP contribution < -0.4 is 5.32 Å². The Kier molecular flexibility index (Phi) is 5.72. The zero-order valence-electron chi connectivity index (χ0n) is 13.6. The van der Waals surface area contributed by atoms with E-state index in [1.165, 1.54) is 11.8 Å². The number of nitrogens with one attached hydrogen (secondary N) is 1. The molecule has 3 aromatic rings. The van der Waals surface area contributed by atoms with E-state index in [1.807, 2.05) is 35.9 Å². The summed E-state index contributed by atoms with van der Waals surface area (Å²) in [4.78, 5) is 17.4. The molecule has 1 unspecified atom stereocenters. The van der Waals surface area contributed by atoms with E-state index >= 15 is 0 Å². The van der Waals surface area contributed by atoms with Crippen molar-refractivity contribution in [2.75, 3.05) is 5.32 Å². The van der Waals surface area contributed by atoms with Crippen LogP contribution in [0.2, 0.25) is 5.15 Å². The number of pyridine rings is 1. The number of carbonyl (C=O) groups excluding carboxylic acids is 1. The molecule has 3 aromatic heterocycles. The summed E-state index contributed by atoms with van der Waals surface area (Å²) in [7, 11) is 0. The first kappa shape index (κ1) is 17.9. The quantitative estimate of drug-likeness (QED) is 0.502. The minimum Gasteiger partial charge on any atom is -0.322 e. The number of amides is 1. The molecule has 0 aliphatic carbocycles. The highest BCUT2D eigenvalue weighted by Gasteiger charge is 2.21. The molecule has 3 rings (SSSR count). The maximum Gasteiger partial charge on any atom is 0.237 e. The molecule has 9 heteroatoms. The highest BCUT2D eigenvalue weighted by molar-refractivity contribution is 8.00. The molecule has 1 amide bonds. The molecule has 0 aliphatic heterocycles. The maximum atomic E-state index is 12.4. The van der Waals surface area contributed by atoms with E-state index in [9.17, 15) is 4.79 Å². The van der Waals surface area contributed by atoms with Crippen molar-refractivity contribution in [1.29, 1.82) is 0 Å². The van der Waals surface area contributed by atoms with Crippen molar-refractivity contribution in [3.8, 4) is 10.7 Å². The smallest absolute Gasteiger partial charge is 0.237 e. The molecule has 3 heterocycles. The van der Waals surface area contributed by atoms with Crippen LogP contribution in [-0.2, 0) is 11.3 Å². The van der Waals surface area contributed by atoms with Gasteiger partial charge in [0.05, 0.1) is 15.8 Å². The Labute approximate surface area is 158 Å². The van der Waals surface area contributed by atoms with Crippen LogP contribution in [0, 0.1) is 0 Å². The molecule has 0 aromatic carbocycles. The molecule has 0 spiro atoms. The van der Waals surface area contributed by atoms with Gasteiger partial charge in [-0.1, -0.05) is 29.4 Å². The second-order valence-electron chi connectivity index (χ2n) is 5.12. The predicted molar refractivity (Wildman–Crippen MR) is 102 cm³/mol. The molecular weight excluding hydrogens is 378 g/mol. The number of halogens is 1. The lowest BCUT2D eigenvalue weighted by atomic mass is 10.4. The molecule has 0 saturated heterocycles. The monoisotopic (exact) mass is 393 g/mol. The van der Waals surface area contributed by atoms with Gasteiger partial charge in [-0.25, -0.2) is 4.98 Å². The highest BCUT2D eigenvalue weighted by Crippen LogP contribution is 2.29. The average Bonchev–Trinajstić information content (AvgIpc) is 3.25. The van der Waals surface area contributed by atoms with Gasteiger partial charge in [-0.05, 0) is 37.4 Å². The molecule has 0 aliphatic rings. The Balaban J connectivity index is 1.74. The number of rotatable bonds is 6. The van der Waals surface area contributed by atoms with Crippen LogP contribution in [0.1, 0.15) is 13.8 Å². The van der Waals surface area contributed by atoms with Crippen LogP contribution in [0.3, 0.4) is 0 Å². The Morgan fingerprint density at radius 1 is 1.40 bits per heavy atom. The third kappa shape index (κ3) is 4.02. The summed E-state index contributed by atoms with van der Waals surface area (Å²) in [6.45, 7) is 4.58. The number of anilines is 1. The average molecular weight is 394 g/mol. The van der Waals surface area contributed by atoms with Crippen molar-refractivity contribution in [1.82, 2.24) is 19.7 Å². The van der Waals surface area contributed by atoms with E-state index in [-0.39, 0.29) is 16.3 Å². The number of nitrogens with zero attached hydrogens (tertiary/aromatic N) is 4. The second-order valence-corrected chi connectivity index (χ2v) is 7.73. The summed E-state index contributed by atoms with van der Waals surface area (Å²) in [5, 5.41) is 14.0. The predicted octanol–water partition coefficient (Wildman–Crippen LogP) is 4.19. The van der Waals surface area contributed by atoms with Crippen molar-refractivity contribution >= 4 is 46.3 Å². The van der Waals surface area contributed by atoms with E-state index in [1.54, 1.807) is 29.7 Å². The fraction of sp³-hybridized carbons (Fsp3) is 0.250. The highest BCUT2D eigenvalue weighted by atomic mass is 35.5. The summed E-state index contributed by atoms with van der Waals surface area (Å²) in [6.07, 6.45) is 1.58. The minimum atomic E-state index is -0.359. The lowest BCUT2D eigenvalue weighted by molar-refractivity contribution is -0.115. The lowest BCUT2D eigenvalue weighted by Crippen LogP contribution is -2.23. The van der Waals surface area contributed by atoms with Crippen LogP contribution in [0.5, 0.6) is 0 Å². The molecule has 0 radical (unpaired) electrons. The number of hydrogen-bond donors (Lipinski definition) is 1. The summed E-state index contributed by atoms with van der Waals surface area (Å²) in [5.74, 6) is 0.658. The van der Waals surface area contributed by atoms with Crippen molar-refractivity contribution in [3.05, 3.63) is 41.0 Å². The second kappa shape index (κ2) is 7.99. The van der Waals surface area contributed by atoms with Crippen LogP contribution in [0.25, 0.3) is 10.7 Å². The standard InChI is InChI=1S/C16H16ClN5OS2/c1-3-22-14(12-7-5-9-24-12)20-21-16(22)25-10(2)15(23)19-11-6-4-8-18-13(11)17/h4-10H,3H2,1-2H3,(H,19,23). The van der Waals surface area contributed by atoms with Crippen molar-refractivity contribution in [3.63, 3.8) is 0 Å². The van der Waals surface area contributed by atoms with Crippen molar-refractivity contribution < 1.29 is 4.79 Å². The van der Waals surface area contributed by atoms with Gasteiger partial charge in [0.1, 0.15) is 0 Å². The van der Waals surface area contributed by atoms with Crippen LogP contribution in [-0.4, -0.2) is 30.9 Å². The Morgan fingerprint density at radius 2 is 2.24 bits per heavy atom. The fourth-order valence-corrected chi connectivity index (χ4v) is 3.97. The van der Waals surface area contributed by atoms with Gasteiger partial charge in [0.15, 0.2) is 16.1 Å². The van der Waals surface area contributed by atoms with Gasteiger partial charge in [-0.2, -0.15) is 0 Å². The molecule has 0 saturated carbocycles. The summed E-state index contributed by atoms with van der Waals surface area (Å²) in [6, 6.07) is 7.43. The number of thioether (sulfide) groups is 1. The van der Waals surface area contributed by atoms with Gasteiger partial charge in [0.2, 0.25) is 5.91 Å². The van der Waals surface area contributed by atoms with Gasteiger partial charge >= 0.3 is 0 Å². The SMILES string of the molecule is CCn1c(SC(C)C(=O)Nc2cccnc2Cl)nnc1-c1cccs1. The van der Waals surface area contributed by atoms with Crippen LogP contribution in [0.4, 0.5) is 5.69 Å². The van der Waals surface area contributed by atoms with Crippen molar-refractivity contribution in [2.45, 2.75) is 30.8 Å². The summed E-state index contributed by atoms with van der Waals surface area (Å²) in [5.41, 5.74) is 0.498. The Hall–Kier alpha value is -1.90. The van der Waals surface area contributed by atoms with Gasteiger partial charge in [-0.15, -0.1) is 21.5 Å². The molecule has 6 nitrogen and oxygen atoms in total. The number of hydrogen-bond acceptors (Lipinski definition) is 6. The van der Waals surface area contributed by atoms with E-state index < -0.39 is 0 Å². The van der Waals surface area contributed by atoms with Crippen LogP contribution in [0.15, 0.2) is 41.0 Å². The molecule has 0 bridgehead atoms. The van der Waals surface area contributed by atoms with Gasteiger partial charge in [-0.3, -0.25) is 4.79 Å². The van der Waals surface area contributed by atoms with E-state index in [0.717, 1.165) is 17.2 Å². The first-order valence-electron chi connectivity index (χ1n) is 7.65. The Bertz CT molecular complexity index is 865. The lowest BCUT2D eigenvalue weighted by Gasteiger charge is -2.13. The topological polar surface area (TPSA) is 72.7 Å². The molecule has 0 fully saturated rings. The molecule has 1 N–H and O–H groups in total. The number of thiophene rings is 1. The van der Waals surface area contributed by atoms with E-state index in [4.69, 9.17) is 11.6 Å². The first-order chi connectivity index (χ1) is 12.1. The third-order valence-electron chi connectivity index (χ3n) is 3.44. The number of carbonyl (C=O) groups is 1. The van der Waals surface area contributed by atoms with E-state index in [2.05, 4.69) is 20.5 Å². The molecule has 25 heavy (non-hydrogen) atoms. The zero-order chi connectivity index (χ0) is 17.8. The molecular formula is C16H16ClN5OS2.